The minimum atomic E-state index is -0.261. The van der Waals surface area contributed by atoms with Gasteiger partial charge in [-0.25, -0.2) is 9.37 Å². The fraction of sp³-hybridized carbons (Fsp3) is 0.533. The number of aryl methyl sites for hydroxylation is 1. The number of nitrogens with zero attached hydrogens (tertiary/aromatic N) is 2. The molecule has 0 atom stereocenters. The topological polar surface area (TPSA) is 17.8 Å². The Hall–Kier alpha value is -0.610. The van der Waals surface area contributed by atoms with Crippen molar-refractivity contribution in [1.29, 1.82) is 0 Å². The van der Waals surface area contributed by atoms with Crippen molar-refractivity contribution in [2.75, 3.05) is 5.88 Å². The first-order valence-electron chi connectivity index (χ1n) is 7.12. The summed E-state index contributed by atoms with van der Waals surface area (Å²) in [4.78, 5) is 4.60. The molecule has 5 heteroatoms. The van der Waals surface area contributed by atoms with Crippen molar-refractivity contribution < 1.29 is 4.39 Å². The monoisotopic (exact) mass is 358 g/mol. The summed E-state index contributed by atoms with van der Waals surface area (Å²) >= 11 is 9.18. The highest BCUT2D eigenvalue weighted by atomic mass is 79.9. The van der Waals surface area contributed by atoms with Gasteiger partial charge in [0.15, 0.2) is 0 Å². The first-order valence-corrected chi connectivity index (χ1v) is 8.45. The molecule has 0 N–H and O–H groups in total. The third-order valence-corrected chi connectivity index (χ3v) is 4.86. The molecule has 0 amide bonds. The van der Waals surface area contributed by atoms with E-state index < -0.39 is 0 Å². The predicted molar refractivity (Wildman–Crippen MR) is 83.9 cm³/mol. The van der Waals surface area contributed by atoms with Crippen molar-refractivity contribution in [2.45, 2.75) is 44.6 Å². The Kier molecular flexibility index (Phi) is 4.32. The van der Waals surface area contributed by atoms with Crippen LogP contribution in [-0.2, 0) is 6.42 Å². The number of aromatic nitrogens is 2. The van der Waals surface area contributed by atoms with E-state index in [-0.39, 0.29) is 5.82 Å². The smallest absolute Gasteiger partial charge is 0.139 e. The molecule has 3 rings (SSSR count). The van der Waals surface area contributed by atoms with Crippen molar-refractivity contribution in [1.82, 2.24) is 9.55 Å². The van der Waals surface area contributed by atoms with Crippen LogP contribution in [0, 0.1) is 5.82 Å². The lowest BCUT2D eigenvalue weighted by atomic mass is 9.95. The number of halogens is 3. The summed E-state index contributed by atoms with van der Waals surface area (Å²) in [5.74, 6) is 1.27. The third kappa shape index (κ3) is 2.60. The van der Waals surface area contributed by atoms with Crippen LogP contribution in [0.1, 0.15) is 44.0 Å². The molecule has 1 aliphatic carbocycles. The zero-order valence-corrected chi connectivity index (χ0v) is 13.6. The summed E-state index contributed by atoms with van der Waals surface area (Å²) in [5.41, 5.74) is 1.75. The highest BCUT2D eigenvalue weighted by Gasteiger charge is 2.22. The van der Waals surface area contributed by atoms with E-state index in [4.69, 9.17) is 11.6 Å². The van der Waals surface area contributed by atoms with Crippen LogP contribution in [0.3, 0.4) is 0 Å². The number of hydrogen-bond acceptors (Lipinski definition) is 1. The van der Waals surface area contributed by atoms with Crippen LogP contribution in [-0.4, -0.2) is 15.4 Å². The van der Waals surface area contributed by atoms with Gasteiger partial charge in [-0.05, 0) is 34.8 Å². The average molecular weight is 360 g/mol. The predicted octanol–water partition coefficient (Wildman–Crippen LogP) is 5.22. The molecule has 108 valence electrons. The Balaban J connectivity index is 2.14. The summed E-state index contributed by atoms with van der Waals surface area (Å²) in [6, 6.07) is 3.84. The molecule has 20 heavy (non-hydrogen) atoms. The van der Waals surface area contributed by atoms with Crippen LogP contribution < -0.4 is 0 Å². The fourth-order valence-electron chi connectivity index (χ4n) is 3.15. The molecule has 0 saturated heterocycles. The van der Waals surface area contributed by atoms with Crippen molar-refractivity contribution in [2.24, 2.45) is 0 Å². The van der Waals surface area contributed by atoms with Gasteiger partial charge in [0.05, 0.1) is 15.5 Å². The van der Waals surface area contributed by atoms with E-state index in [2.05, 4.69) is 25.5 Å². The van der Waals surface area contributed by atoms with Gasteiger partial charge in [0.2, 0.25) is 0 Å². The van der Waals surface area contributed by atoms with Crippen LogP contribution in [0.25, 0.3) is 11.0 Å². The van der Waals surface area contributed by atoms with E-state index in [0.29, 0.717) is 16.4 Å². The van der Waals surface area contributed by atoms with Crippen LogP contribution in [0.15, 0.2) is 16.6 Å². The Bertz CT molecular complexity index is 620. The number of alkyl halides is 1. The van der Waals surface area contributed by atoms with E-state index in [9.17, 15) is 4.39 Å². The van der Waals surface area contributed by atoms with Gasteiger partial charge in [0.1, 0.15) is 11.6 Å². The molecule has 1 aromatic carbocycles. The summed E-state index contributed by atoms with van der Waals surface area (Å²) in [5, 5.41) is 0. The molecule has 1 saturated carbocycles. The van der Waals surface area contributed by atoms with Crippen molar-refractivity contribution in [3.05, 3.63) is 28.2 Å². The van der Waals surface area contributed by atoms with Gasteiger partial charge in [0, 0.05) is 24.4 Å². The first-order chi connectivity index (χ1) is 9.70. The number of hydrogen-bond donors (Lipinski definition) is 0. The van der Waals surface area contributed by atoms with Gasteiger partial charge in [0.25, 0.3) is 0 Å². The molecule has 2 aromatic rings. The molecular formula is C15H17BrClFN2. The lowest BCUT2D eigenvalue weighted by Crippen LogP contribution is -2.15. The molecule has 0 bridgehead atoms. The zero-order chi connectivity index (χ0) is 14.1. The van der Waals surface area contributed by atoms with Gasteiger partial charge in [-0.2, -0.15) is 0 Å². The Morgan fingerprint density at radius 2 is 2.05 bits per heavy atom. The molecule has 1 aliphatic rings. The molecule has 1 aromatic heterocycles. The maximum absolute atomic E-state index is 13.7. The molecule has 0 unspecified atom stereocenters. The average Bonchev–Trinajstić information content (AvgIpc) is 2.78. The summed E-state index contributed by atoms with van der Waals surface area (Å²) in [6.45, 7) is 0. The van der Waals surface area contributed by atoms with Crippen LogP contribution in [0.2, 0.25) is 0 Å². The zero-order valence-electron chi connectivity index (χ0n) is 11.2. The molecule has 0 aliphatic heterocycles. The summed E-state index contributed by atoms with van der Waals surface area (Å²) in [7, 11) is 0. The van der Waals surface area contributed by atoms with Crippen molar-refractivity contribution >= 4 is 38.6 Å². The molecule has 1 fully saturated rings. The van der Waals surface area contributed by atoms with E-state index in [1.54, 1.807) is 0 Å². The Morgan fingerprint density at radius 3 is 2.75 bits per heavy atom. The van der Waals surface area contributed by atoms with Crippen LogP contribution >= 0.6 is 27.5 Å². The van der Waals surface area contributed by atoms with Crippen molar-refractivity contribution in [3.8, 4) is 0 Å². The molecule has 0 radical (unpaired) electrons. The van der Waals surface area contributed by atoms with Gasteiger partial charge < -0.3 is 4.57 Å². The summed E-state index contributed by atoms with van der Waals surface area (Å²) in [6.07, 6.45) is 6.91. The van der Waals surface area contributed by atoms with Gasteiger partial charge >= 0.3 is 0 Å². The van der Waals surface area contributed by atoms with E-state index >= 15 is 0 Å². The molecule has 2 nitrogen and oxygen atoms in total. The van der Waals surface area contributed by atoms with E-state index in [1.807, 2.05) is 6.07 Å². The number of fused-ring (bicyclic) bond motifs is 1. The normalized spacial score (nSPS) is 16.9. The first kappa shape index (κ1) is 14.3. The maximum Gasteiger partial charge on any atom is 0.139 e. The standard InChI is InChI=1S/C15H17BrClFN2/c16-11-8-14-13(9-12(11)18)19-15(6-7-17)20(14)10-4-2-1-3-5-10/h8-10H,1-7H2. The van der Waals surface area contributed by atoms with Gasteiger partial charge in [-0.15, -0.1) is 11.6 Å². The Labute approximate surface area is 131 Å². The quantitative estimate of drug-likeness (QED) is 0.687. The number of rotatable bonds is 3. The van der Waals surface area contributed by atoms with Crippen molar-refractivity contribution in [3.63, 3.8) is 0 Å². The maximum atomic E-state index is 13.7. The van der Waals surface area contributed by atoms with Crippen LogP contribution in [0.4, 0.5) is 4.39 Å². The minimum Gasteiger partial charge on any atom is -0.325 e. The second-order valence-corrected chi connectivity index (χ2v) is 6.62. The Morgan fingerprint density at radius 1 is 1.30 bits per heavy atom. The molecular weight excluding hydrogens is 343 g/mol. The lowest BCUT2D eigenvalue weighted by molar-refractivity contribution is 0.353. The highest BCUT2D eigenvalue weighted by Crippen LogP contribution is 2.34. The molecule has 0 spiro atoms. The molecule has 1 heterocycles. The van der Waals surface area contributed by atoms with E-state index in [0.717, 1.165) is 23.3 Å². The minimum absolute atomic E-state index is 0.261. The number of benzene rings is 1. The third-order valence-electron chi connectivity index (χ3n) is 4.06. The van der Waals surface area contributed by atoms with Crippen LogP contribution in [0.5, 0.6) is 0 Å². The fourth-order valence-corrected chi connectivity index (χ4v) is 3.65. The SMILES string of the molecule is Fc1cc2nc(CCCl)n(C3CCCCC3)c2cc1Br. The second kappa shape index (κ2) is 6.02. The van der Waals surface area contributed by atoms with E-state index in [1.165, 1.54) is 38.2 Å². The summed E-state index contributed by atoms with van der Waals surface area (Å²) < 4.78 is 16.5. The number of imidazole rings is 1. The van der Waals surface area contributed by atoms with Gasteiger partial charge in [-0.1, -0.05) is 19.3 Å². The lowest BCUT2D eigenvalue weighted by Gasteiger charge is -2.25. The van der Waals surface area contributed by atoms with Gasteiger partial charge in [-0.3, -0.25) is 0 Å². The highest BCUT2D eigenvalue weighted by molar-refractivity contribution is 9.10. The second-order valence-electron chi connectivity index (χ2n) is 5.38. The largest absolute Gasteiger partial charge is 0.325 e.